The van der Waals surface area contributed by atoms with Crippen LogP contribution >= 0.6 is 0 Å². The molecule has 5 nitrogen and oxygen atoms in total. The van der Waals surface area contributed by atoms with Crippen molar-refractivity contribution < 1.29 is 22.3 Å². The van der Waals surface area contributed by atoms with E-state index < -0.39 is 11.9 Å². The Kier molecular flexibility index (Phi) is 4.51. The molecule has 0 saturated carbocycles. The van der Waals surface area contributed by atoms with E-state index in [0.717, 1.165) is 25.1 Å². The van der Waals surface area contributed by atoms with Crippen LogP contribution in [0.4, 0.5) is 19.1 Å². The van der Waals surface area contributed by atoms with Gasteiger partial charge in [-0.25, -0.2) is 9.97 Å². The second-order valence-corrected chi connectivity index (χ2v) is 5.33. The van der Waals surface area contributed by atoms with Crippen molar-refractivity contribution in [2.75, 3.05) is 18.1 Å². The fourth-order valence-corrected chi connectivity index (χ4v) is 2.50. The maximum absolute atomic E-state index is 12.9. The van der Waals surface area contributed by atoms with Gasteiger partial charge in [-0.2, -0.15) is 13.2 Å². The maximum atomic E-state index is 12.9. The Morgan fingerprint density at radius 2 is 2.17 bits per heavy atom. The molecule has 0 unspecified atom stereocenters. The van der Waals surface area contributed by atoms with E-state index >= 15 is 0 Å². The number of hydrogen-bond acceptors (Lipinski definition) is 5. The van der Waals surface area contributed by atoms with E-state index in [-0.39, 0.29) is 18.6 Å². The van der Waals surface area contributed by atoms with Crippen molar-refractivity contribution in [3.05, 3.63) is 42.1 Å². The van der Waals surface area contributed by atoms with Crippen molar-refractivity contribution in [1.82, 2.24) is 9.97 Å². The number of hydrogen-bond donors (Lipinski definition) is 0. The summed E-state index contributed by atoms with van der Waals surface area (Å²) in [4.78, 5) is 9.31. The van der Waals surface area contributed by atoms with Crippen LogP contribution in [0.25, 0.3) is 0 Å². The molecule has 8 heteroatoms. The number of furan rings is 1. The average Bonchev–Trinajstić information content (AvgIpc) is 3.19. The highest BCUT2D eigenvalue weighted by molar-refractivity contribution is 5.32. The van der Waals surface area contributed by atoms with Crippen LogP contribution in [-0.4, -0.2) is 29.2 Å². The molecular formula is C15H16F3N3O2. The number of ether oxygens (including phenoxy) is 1. The zero-order valence-electron chi connectivity index (χ0n) is 12.3. The first-order valence-corrected chi connectivity index (χ1v) is 7.31. The summed E-state index contributed by atoms with van der Waals surface area (Å²) in [7, 11) is 0. The minimum absolute atomic E-state index is 0.0201. The lowest BCUT2D eigenvalue weighted by molar-refractivity contribution is -0.141. The summed E-state index contributed by atoms with van der Waals surface area (Å²) in [6.07, 6.45) is -0.0838. The molecule has 3 heterocycles. The Morgan fingerprint density at radius 1 is 1.30 bits per heavy atom. The third kappa shape index (κ3) is 4.01. The molecule has 1 fully saturated rings. The first-order valence-electron chi connectivity index (χ1n) is 7.31. The molecule has 1 aliphatic heterocycles. The molecule has 124 valence electrons. The van der Waals surface area contributed by atoms with Crippen LogP contribution in [0.3, 0.4) is 0 Å². The largest absolute Gasteiger partial charge is 0.467 e. The molecule has 0 radical (unpaired) electrons. The van der Waals surface area contributed by atoms with Crippen LogP contribution in [0, 0.1) is 0 Å². The van der Waals surface area contributed by atoms with Gasteiger partial charge in [0.05, 0.1) is 18.9 Å². The number of halogens is 3. The smallest absolute Gasteiger partial charge is 0.433 e. The summed E-state index contributed by atoms with van der Waals surface area (Å²) in [5, 5.41) is 0. The molecule has 0 amide bonds. The van der Waals surface area contributed by atoms with Crippen LogP contribution in [0.5, 0.6) is 0 Å². The molecule has 2 aromatic heterocycles. The van der Waals surface area contributed by atoms with E-state index in [2.05, 4.69) is 9.97 Å². The van der Waals surface area contributed by atoms with Crippen molar-refractivity contribution in [3.63, 3.8) is 0 Å². The highest BCUT2D eigenvalue weighted by Gasteiger charge is 2.33. The Balaban J connectivity index is 1.84. The monoisotopic (exact) mass is 327 g/mol. The maximum Gasteiger partial charge on any atom is 0.433 e. The predicted molar refractivity (Wildman–Crippen MR) is 75.8 cm³/mol. The third-order valence-electron chi connectivity index (χ3n) is 3.59. The van der Waals surface area contributed by atoms with Crippen molar-refractivity contribution in [1.29, 1.82) is 0 Å². The van der Waals surface area contributed by atoms with Gasteiger partial charge in [0.25, 0.3) is 0 Å². The quantitative estimate of drug-likeness (QED) is 0.843. The fraction of sp³-hybridized carbons (Fsp3) is 0.467. The summed E-state index contributed by atoms with van der Waals surface area (Å²) in [6.45, 7) is 1.37. The summed E-state index contributed by atoms with van der Waals surface area (Å²) < 4.78 is 49.4. The minimum atomic E-state index is -4.50. The first-order chi connectivity index (χ1) is 11.0. The van der Waals surface area contributed by atoms with E-state index in [1.54, 1.807) is 17.0 Å². The molecule has 1 atom stereocenters. The lowest BCUT2D eigenvalue weighted by Gasteiger charge is -2.25. The molecular weight excluding hydrogens is 311 g/mol. The average molecular weight is 327 g/mol. The Hall–Kier alpha value is -2.09. The zero-order chi connectivity index (χ0) is 16.3. The summed E-state index contributed by atoms with van der Waals surface area (Å²) >= 11 is 0. The highest BCUT2D eigenvalue weighted by Crippen LogP contribution is 2.28. The molecule has 3 rings (SSSR count). The van der Waals surface area contributed by atoms with Crippen molar-refractivity contribution in [3.8, 4) is 0 Å². The zero-order valence-corrected chi connectivity index (χ0v) is 12.3. The molecule has 2 aromatic rings. The lowest BCUT2D eigenvalue weighted by atomic mass is 10.2. The summed E-state index contributed by atoms with van der Waals surface area (Å²) in [6, 6.07) is 4.35. The van der Waals surface area contributed by atoms with Gasteiger partial charge in [0.15, 0.2) is 0 Å². The van der Waals surface area contributed by atoms with E-state index in [9.17, 15) is 13.2 Å². The fourth-order valence-electron chi connectivity index (χ4n) is 2.50. The molecule has 0 aliphatic carbocycles. The second kappa shape index (κ2) is 6.57. The SMILES string of the molecule is FC(F)(F)c1ccnc(N(Cc2ccco2)C[C@H]2CCCO2)n1. The first kappa shape index (κ1) is 15.8. The lowest BCUT2D eigenvalue weighted by Crippen LogP contribution is -2.33. The van der Waals surface area contributed by atoms with Gasteiger partial charge in [-0.1, -0.05) is 0 Å². The number of anilines is 1. The highest BCUT2D eigenvalue weighted by atomic mass is 19.4. The van der Waals surface area contributed by atoms with Crippen molar-refractivity contribution >= 4 is 5.95 Å². The van der Waals surface area contributed by atoms with Gasteiger partial charge in [-0.3, -0.25) is 0 Å². The van der Waals surface area contributed by atoms with E-state index in [1.165, 1.54) is 6.26 Å². The molecule has 0 aromatic carbocycles. The number of aromatic nitrogens is 2. The normalized spacial score (nSPS) is 18.3. The van der Waals surface area contributed by atoms with Crippen LogP contribution in [-0.2, 0) is 17.5 Å². The molecule has 1 aliphatic rings. The van der Waals surface area contributed by atoms with Gasteiger partial charge in [0.2, 0.25) is 5.95 Å². The van der Waals surface area contributed by atoms with Gasteiger partial charge in [-0.05, 0) is 31.0 Å². The summed E-state index contributed by atoms with van der Waals surface area (Å²) in [5.41, 5.74) is -0.959. The topological polar surface area (TPSA) is 51.4 Å². The van der Waals surface area contributed by atoms with E-state index in [0.29, 0.717) is 18.9 Å². The third-order valence-corrected chi connectivity index (χ3v) is 3.59. The van der Waals surface area contributed by atoms with E-state index in [4.69, 9.17) is 9.15 Å². The van der Waals surface area contributed by atoms with Crippen LogP contribution in [0.1, 0.15) is 24.3 Å². The second-order valence-electron chi connectivity index (χ2n) is 5.33. The summed E-state index contributed by atoms with van der Waals surface area (Å²) in [5.74, 6) is 0.649. The van der Waals surface area contributed by atoms with E-state index in [1.807, 2.05) is 0 Å². The standard InChI is InChI=1S/C15H16F3N3O2/c16-15(17,18)13-5-6-19-14(20-13)21(9-11-3-1-7-22-11)10-12-4-2-8-23-12/h1,3,5-7,12H,2,4,8-10H2/t12-/m1/s1. The molecule has 0 bridgehead atoms. The van der Waals surface area contributed by atoms with Crippen LogP contribution in [0.15, 0.2) is 35.1 Å². The van der Waals surface area contributed by atoms with Gasteiger partial charge in [0, 0.05) is 19.3 Å². The Bertz CT molecular complexity index is 625. The molecule has 0 N–H and O–H groups in total. The van der Waals surface area contributed by atoms with Crippen molar-refractivity contribution in [2.45, 2.75) is 31.7 Å². The predicted octanol–water partition coefficient (Wildman–Crippen LogP) is 3.27. The Morgan fingerprint density at radius 3 is 2.83 bits per heavy atom. The number of nitrogens with zero attached hydrogens (tertiary/aromatic N) is 3. The molecule has 23 heavy (non-hydrogen) atoms. The number of alkyl halides is 3. The van der Waals surface area contributed by atoms with Gasteiger partial charge in [-0.15, -0.1) is 0 Å². The van der Waals surface area contributed by atoms with Crippen LogP contribution in [0.2, 0.25) is 0 Å². The van der Waals surface area contributed by atoms with Gasteiger partial charge >= 0.3 is 6.18 Å². The molecule has 1 saturated heterocycles. The Labute approximate surface area is 131 Å². The van der Waals surface area contributed by atoms with Crippen LogP contribution < -0.4 is 4.90 Å². The minimum Gasteiger partial charge on any atom is -0.467 e. The van der Waals surface area contributed by atoms with Gasteiger partial charge < -0.3 is 14.1 Å². The van der Waals surface area contributed by atoms with Crippen molar-refractivity contribution in [2.24, 2.45) is 0 Å². The number of rotatable bonds is 5. The van der Waals surface area contributed by atoms with Gasteiger partial charge in [0.1, 0.15) is 11.5 Å². The molecule has 0 spiro atoms.